The fourth-order valence-electron chi connectivity index (χ4n) is 1.32. The van der Waals surface area contributed by atoms with Crippen molar-refractivity contribution < 1.29 is 23.4 Å². The quantitative estimate of drug-likeness (QED) is 0.650. The Kier molecular flexibility index (Phi) is 4.97. The first kappa shape index (κ1) is 14.3. The smallest absolute Gasteiger partial charge is 0.330 e. The van der Waals surface area contributed by atoms with Crippen LogP contribution < -0.4 is 0 Å². The van der Waals surface area contributed by atoms with Crippen LogP contribution in [0.15, 0.2) is 42.5 Å². The first-order chi connectivity index (χ1) is 8.47. The van der Waals surface area contributed by atoms with Gasteiger partial charge in [-0.25, -0.2) is 4.79 Å². The molecule has 1 atom stereocenters. The number of aliphatic hydroxyl groups is 1. The standard InChI is InChI=1S/C13H14F2O3/c1-2-18-11(16)8-9-13(14,15)12(17)10-6-4-3-5-7-10/h3-9,12,17H,2H2,1H3/b9-8+. The van der Waals surface area contributed by atoms with E-state index < -0.39 is 18.0 Å². The van der Waals surface area contributed by atoms with Gasteiger partial charge >= 0.3 is 5.97 Å². The Morgan fingerprint density at radius 1 is 1.44 bits per heavy atom. The van der Waals surface area contributed by atoms with Crippen molar-refractivity contribution in [3.8, 4) is 0 Å². The summed E-state index contributed by atoms with van der Waals surface area (Å²) in [4.78, 5) is 10.9. The molecule has 0 aliphatic heterocycles. The molecule has 0 heterocycles. The number of hydrogen-bond donors (Lipinski definition) is 1. The van der Waals surface area contributed by atoms with Gasteiger partial charge in [-0.2, -0.15) is 8.78 Å². The molecule has 3 nitrogen and oxygen atoms in total. The summed E-state index contributed by atoms with van der Waals surface area (Å²) in [5.41, 5.74) is 0.0796. The lowest BCUT2D eigenvalue weighted by atomic mass is 10.0. The van der Waals surface area contributed by atoms with Crippen molar-refractivity contribution in [2.45, 2.75) is 19.0 Å². The van der Waals surface area contributed by atoms with Gasteiger partial charge < -0.3 is 9.84 Å². The van der Waals surface area contributed by atoms with Crippen molar-refractivity contribution >= 4 is 5.97 Å². The highest BCUT2D eigenvalue weighted by molar-refractivity contribution is 5.82. The highest BCUT2D eigenvalue weighted by atomic mass is 19.3. The number of ether oxygens (including phenoxy) is 1. The molecule has 1 rings (SSSR count). The fourth-order valence-corrected chi connectivity index (χ4v) is 1.32. The Labute approximate surface area is 104 Å². The fraction of sp³-hybridized carbons (Fsp3) is 0.308. The van der Waals surface area contributed by atoms with E-state index in [4.69, 9.17) is 0 Å². The normalized spacial score (nSPS) is 13.6. The maximum atomic E-state index is 13.6. The number of benzene rings is 1. The molecule has 0 saturated carbocycles. The van der Waals surface area contributed by atoms with Crippen molar-refractivity contribution in [1.29, 1.82) is 0 Å². The van der Waals surface area contributed by atoms with E-state index in [-0.39, 0.29) is 12.2 Å². The summed E-state index contributed by atoms with van der Waals surface area (Å²) in [7, 11) is 0. The first-order valence-electron chi connectivity index (χ1n) is 5.44. The molecule has 0 bridgehead atoms. The molecule has 0 spiro atoms. The van der Waals surface area contributed by atoms with Gasteiger partial charge in [0.25, 0.3) is 5.92 Å². The Hall–Kier alpha value is -1.75. The van der Waals surface area contributed by atoms with Crippen LogP contribution in [-0.2, 0) is 9.53 Å². The van der Waals surface area contributed by atoms with Crippen molar-refractivity contribution in [1.82, 2.24) is 0 Å². The summed E-state index contributed by atoms with van der Waals surface area (Å²) in [5.74, 6) is -4.40. The Balaban J connectivity index is 2.77. The van der Waals surface area contributed by atoms with Crippen LogP contribution in [0, 0.1) is 0 Å². The number of carbonyl (C=O) groups is 1. The summed E-state index contributed by atoms with van der Waals surface area (Å²) >= 11 is 0. The molecule has 0 amide bonds. The summed E-state index contributed by atoms with van der Waals surface area (Å²) in [6.07, 6.45) is -1.03. The average Bonchev–Trinajstić information content (AvgIpc) is 2.37. The number of halogens is 2. The maximum absolute atomic E-state index is 13.6. The van der Waals surface area contributed by atoms with Crippen LogP contribution in [-0.4, -0.2) is 23.6 Å². The van der Waals surface area contributed by atoms with E-state index in [0.29, 0.717) is 12.2 Å². The second-order valence-electron chi connectivity index (χ2n) is 3.57. The Bertz CT molecular complexity index is 416. The van der Waals surface area contributed by atoms with Gasteiger partial charge in [0, 0.05) is 6.08 Å². The topological polar surface area (TPSA) is 46.5 Å². The molecule has 0 aromatic heterocycles. The number of aliphatic hydroxyl groups excluding tert-OH is 1. The van der Waals surface area contributed by atoms with E-state index in [1.807, 2.05) is 0 Å². The minimum absolute atomic E-state index is 0.0796. The second-order valence-corrected chi connectivity index (χ2v) is 3.57. The van der Waals surface area contributed by atoms with Crippen molar-refractivity contribution in [2.75, 3.05) is 6.61 Å². The summed E-state index contributed by atoms with van der Waals surface area (Å²) < 4.78 is 31.6. The molecule has 0 aliphatic carbocycles. The number of carbonyl (C=O) groups excluding carboxylic acids is 1. The van der Waals surface area contributed by atoms with Crippen LogP contribution in [0.4, 0.5) is 8.78 Å². The monoisotopic (exact) mass is 256 g/mol. The highest BCUT2D eigenvalue weighted by Gasteiger charge is 2.36. The van der Waals surface area contributed by atoms with E-state index in [1.54, 1.807) is 25.1 Å². The van der Waals surface area contributed by atoms with Gasteiger partial charge in [0.2, 0.25) is 0 Å². The third kappa shape index (κ3) is 3.92. The molecule has 1 aromatic carbocycles. The minimum Gasteiger partial charge on any atom is -0.463 e. The van der Waals surface area contributed by atoms with Gasteiger partial charge in [0.05, 0.1) is 6.61 Å². The van der Waals surface area contributed by atoms with E-state index in [1.165, 1.54) is 12.1 Å². The zero-order valence-electron chi connectivity index (χ0n) is 9.85. The maximum Gasteiger partial charge on any atom is 0.330 e. The van der Waals surface area contributed by atoms with Crippen molar-refractivity contribution in [2.24, 2.45) is 0 Å². The van der Waals surface area contributed by atoms with Crippen molar-refractivity contribution in [3.63, 3.8) is 0 Å². The van der Waals surface area contributed by atoms with Crippen LogP contribution in [0.2, 0.25) is 0 Å². The predicted molar refractivity (Wildman–Crippen MR) is 62.1 cm³/mol. The molecule has 0 radical (unpaired) electrons. The van der Waals surface area contributed by atoms with Gasteiger partial charge in [-0.1, -0.05) is 30.3 Å². The van der Waals surface area contributed by atoms with E-state index in [0.717, 1.165) is 0 Å². The highest BCUT2D eigenvalue weighted by Crippen LogP contribution is 2.32. The molecular formula is C13H14F2O3. The molecule has 0 saturated heterocycles. The molecule has 18 heavy (non-hydrogen) atoms. The Morgan fingerprint density at radius 3 is 2.61 bits per heavy atom. The molecule has 1 aromatic rings. The number of rotatable bonds is 5. The molecule has 1 N–H and O–H groups in total. The third-order valence-electron chi connectivity index (χ3n) is 2.21. The molecule has 98 valence electrons. The van der Waals surface area contributed by atoms with Gasteiger partial charge in [-0.3, -0.25) is 0 Å². The molecule has 1 unspecified atom stereocenters. The van der Waals surface area contributed by atoms with Gasteiger partial charge in [0.1, 0.15) is 6.10 Å². The third-order valence-corrected chi connectivity index (χ3v) is 2.21. The minimum atomic E-state index is -3.53. The largest absolute Gasteiger partial charge is 0.463 e. The Morgan fingerprint density at radius 2 is 2.06 bits per heavy atom. The zero-order chi connectivity index (χ0) is 13.6. The lowest BCUT2D eigenvalue weighted by Crippen LogP contribution is -2.24. The average molecular weight is 256 g/mol. The molecule has 0 aliphatic rings. The lowest BCUT2D eigenvalue weighted by Gasteiger charge is -2.19. The number of alkyl halides is 2. The van der Waals surface area contributed by atoms with Crippen LogP contribution in [0.25, 0.3) is 0 Å². The van der Waals surface area contributed by atoms with Gasteiger partial charge in [0.15, 0.2) is 0 Å². The number of hydrogen-bond acceptors (Lipinski definition) is 3. The predicted octanol–water partition coefficient (Wildman–Crippen LogP) is 2.47. The van der Waals surface area contributed by atoms with Crippen LogP contribution in [0.3, 0.4) is 0 Å². The SMILES string of the molecule is CCOC(=O)/C=C/C(F)(F)C(O)c1ccccc1. The van der Waals surface area contributed by atoms with E-state index in [9.17, 15) is 18.7 Å². The van der Waals surface area contributed by atoms with Gasteiger partial charge in [-0.15, -0.1) is 0 Å². The summed E-state index contributed by atoms with van der Waals surface area (Å²) in [5, 5.41) is 9.54. The summed E-state index contributed by atoms with van der Waals surface area (Å²) in [6.45, 7) is 1.68. The van der Waals surface area contributed by atoms with Crippen LogP contribution in [0.5, 0.6) is 0 Å². The first-order valence-corrected chi connectivity index (χ1v) is 5.44. The summed E-state index contributed by atoms with van der Waals surface area (Å²) in [6, 6.07) is 7.52. The molecule has 0 fully saturated rings. The van der Waals surface area contributed by atoms with E-state index >= 15 is 0 Å². The second kappa shape index (κ2) is 6.26. The zero-order valence-corrected chi connectivity index (χ0v) is 9.85. The van der Waals surface area contributed by atoms with Crippen LogP contribution >= 0.6 is 0 Å². The van der Waals surface area contributed by atoms with E-state index in [2.05, 4.69) is 4.74 Å². The molecule has 5 heteroatoms. The van der Waals surface area contributed by atoms with Crippen LogP contribution in [0.1, 0.15) is 18.6 Å². The number of esters is 1. The lowest BCUT2D eigenvalue weighted by molar-refractivity contribution is -0.137. The molecular weight excluding hydrogens is 242 g/mol. The van der Waals surface area contributed by atoms with Gasteiger partial charge in [-0.05, 0) is 18.6 Å². The van der Waals surface area contributed by atoms with Crippen molar-refractivity contribution in [3.05, 3.63) is 48.0 Å².